The van der Waals surface area contributed by atoms with Gasteiger partial charge >= 0.3 is 0 Å². The maximum absolute atomic E-state index is 11.9. The second-order valence-corrected chi connectivity index (χ2v) is 6.55. The van der Waals surface area contributed by atoms with E-state index in [4.69, 9.17) is 4.74 Å². The molecule has 2 aromatic carbocycles. The molecule has 1 heterocycles. The first-order valence-corrected chi connectivity index (χ1v) is 8.99. The standard InChI is InChI=1S/C20H18N2O3S/c23-19(13-18-7-4-12-26-18)21-14-20(24)22-15-8-10-17(11-9-15)25-16-5-2-1-3-6-16/h1-12H,13-14H2,(H,21,23)(H,22,24). The number of benzene rings is 2. The minimum Gasteiger partial charge on any atom is -0.457 e. The summed E-state index contributed by atoms with van der Waals surface area (Å²) >= 11 is 1.52. The van der Waals surface area contributed by atoms with Crippen molar-refractivity contribution < 1.29 is 14.3 Å². The molecule has 2 amide bonds. The van der Waals surface area contributed by atoms with Gasteiger partial charge in [0.2, 0.25) is 11.8 Å². The highest BCUT2D eigenvalue weighted by Gasteiger charge is 2.07. The van der Waals surface area contributed by atoms with Gasteiger partial charge in [-0.25, -0.2) is 0 Å². The summed E-state index contributed by atoms with van der Waals surface area (Å²) < 4.78 is 5.70. The molecule has 0 bridgehead atoms. The Bertz CT molecular complexity index is 847. The summed E-state index contributed by atoms with van der Waals surface area (Å²) in [6.07, 6.45) is 0.288. The molecule has 0 aliphatic rings. The molecule has 132 valence electrons. The summed E-state index contributed by atoms with van der Waals surface area (Å²) in [5, 5.41) is 7.27. The molecule has 5 nitrogen and oxygen atoms in total. The van der Waals surface area contributed by atoms with E-state index in [0.29, 0.717) is 11.4 Å². The molecular formula is C20H18N2O3S. The third-order valence-corrected chi connectivity index (χ3v) is 4.35. The number of anilines is 1. The van der Waals surface area contributed by atoms with Crippen molar-refractivity contribution in [1.82, 2.24) is 5.32 Å². The fraction of sp³-hybridized carbons (Fsp3) is 0.100. The number of rotatable bonds is 7. The molecule has 2 N–H and O–H groups in total. The third kappa shape index (κ3) is 5.46. The largest absolute Gasteiger partial charge is 0.457 e. The van der Waals surface area contributed by atoms with Gasteiger partial charge in [-0.15, -0.1) is 11.3 Å². The van der Waals surface area contributed by atoms with Crippen molar-refractivity contribution in [3.8, 4) is 11.5 Å². The normalized spacial score (nSPS) is 10.2. The first-order chi connectivity index (χ1) is 12.7. The Labute approximate surface area is 155 Å². The average molecular weight is 366 g/mol. The topological polar surface area (TPSA) is 67.4 Å². The van der Waals surface area contributed by atoms with Crippen LogP contribution in [0.2, 0.25) is 0 Å². The highest BCUT2D eigenvalue weighted by atomic mass is 32.1. The molecule has 6 heteroatoms. The van der Waals surface area contributed by atoms with Gasteiger partial charge in [-0.05, 0) is 47.8 Å². The number of thiophene rings is 1. The highest BCUT2D eigenvalue weighted by Crippen LogP contribution is 2.22. The van der Waals surface area contributed by atoms with Crippen molar-refractivity contribution in [3.63, 3.8) is 0 Å². The monoisotopic (exact) mass is 366 g/mol. The summed E-state index contributed by atoms with van der Waals surface area (Å²) in [5.41, 5.74) is 0.642. The van der Waals surface area contributed by atoms with Crippen LogP contribution in [0.15, 0.2) is 72.1 Å². The summed E-state index contributed by atoms with van der Waals surface area (Å²) in [7, 11) is 0. The van der Waals surface area contributed by atoms with E-state index in [0.717, 1.165) is 10.6 Å². The van der Waals surface area contributed by atoms with Crippen LogP contribution < -0.4 is 15.4 Å². The molecule has 0 saturated carbocycles. The second kappa shape index (κ2) is 8.82. The number of hydrogen-bond acceptors (Lipinski definition) is 4. The predicted octanol–water partition coefficient (Wildman–Crippen LogP) is 3.84. The van der Waals surface area contributed by atoms with E-state index in [2.05, 4.69) is 10.6 Å². The Hall–Kier alpha value is -3.12. The van der Waals surface area contributed by atoms with Crippen LogP contribution in [0.4, 0.5) is 5.69 Å². The van der Waals surface area contributed by atoms with Gasteiger partial charge in [-0.2, -0.15) is 0 Å². The molecule has 3 aromatic rings. The number of carbonyl (C=O) groups is 2. The Kier molecular flexibility index (Phi) is 6.01. The Morgan fingerprint density at radius 3 is 2.27 bits per heavy atom. The van der Waals surface area contributed by atoms with E-state index in [9.17, 15) is 9.59 Å². The first-order valence-electron chi connectivity index (χ1n) is 8.11. The Balaban J connectivity index is 1.44. The molecule has 0 atom stereocenters. The molecule has 1 aromatic heterocycles. The number of para-hydroxylation sites is 1. The van der Waals surface area contributed by atoms with Crippen LogP contribution in [0.25, 0.3) is 0 Å². The molecule has 0 fully saturated rings. The van der Waals surface area contributed by atoms with Crippen molar-refractivity contribution in [3.05, 3.63) is 77.0 Å². The van der Waals surface area contributed by atoms with E-state index in [1.54, 1.807) is 24.3 Å². The lowest BCUT2D eigenvalue weighted by molar-refractivity contribution is -0.123. The van der Waals surface area contributed by atoms with Crippen molar-refractivity contribution in [2.24, 2.45) is 0 Å². The number of carbonyl (C=O) groups excluding carboxylic acids is 2. The number of amides is 2. The van der Waals surface area contributed by atoms with Gasteiger partial charge in [0.05, 0.1) is 13.0 Å². The van der Waals surface area contributed by atoms with Gasteiger partial charge in [0.25, 0.3) is 0 Å². The van der Waals surface area contributed by atoms with Gasteiger partial charge in [-0.1, -0.05) is 24.3 Å². The summed E-state index contributed by atoms with van der Waals surface area (Å²) in [5.74, 6) is 0.978. The van der Waals surface area contributed by atoms with Crippen molar-refractivity contribution in [1.29, 1.82) is 0 Å². The highest BCUT2D eigenvalue weighted by molar-refractivity contribution is 7.10. The predicted molar refractivity (Wildman–Crippen MR) is 103 cm³/mol. The maximum Gasteiger partial charge on any atom is 0.243 e. The minimum absolute atomic E-state index is 0.0630. The molecule has 0 unspecified atom stereocenters. The quantitative estimate of drug-likeness (QED) is 0.668. The molecular weight excluding hydrogens is 348 g/mol. The Morgan fingerprint density at radius 2 is 1.58 bits per heavy atom. The van der Waals surface area contributed by atoms with Crippen molar-refractivity contribution >= 4 is 28.8 Å². The fourth-order valence-electron chi connectivity index (χ4n) is 2.25. The van der Waals surface area contributed by atoms with Crippen LogP contribution in [-0.2, 0) is 16.0 Å². The van der Waals surface area contributed by atoms with E-state index in [1.165, 1.54) is 11.3 Å². The molecule has 0 aliphatic carbocycles. The molecule has 0 aliphatic heterocycles. The maximum atomic E-state index is 11.9. The van der Waals surface area contributed by atoms with E-state index >= 15 is 0 Å². The summed E-state index contributed by atoms with van der Waals surface area (Å²) in [6, 6.07) is 20.3. The van der Waals surface area contributed by atoms with Crippen LogP contribution in [0.3, 0.4) is 0 Å². The van der Waals surface area contributed by atoms with Gasteiger partial charge < -0.3 is 15.4 Å². The van der Waals surface area contributed by atoms with Gasteiger partial charge in [0.1, 0.15) is 11.5 Å². The van der Waals surface area contributed by atoms with Crippen molar-refractivity contribution in [2.75, 3.05) is 11.9 Å². The summed E-state index contributed by atoms with van der Waals surface area (Å²) in [6.45, 7) is -0.0630. The van der Waals surface area contributed by atoms with Gasteiger partial charge in [0.15, 0.2) is 0 Å². The Morgan fingerprint density at radius 1 is 0.846 bits per heavy atom. The second-order valence-electron chi connectivity index (χ2n) is 5.52. The molecule has 3 rings (SSSR count). The average Bonchev–Trinajstić information content (AvgIpc) is 3.15. The van der Waals surface area contributed by atoms with Crippen molar-refractivity contribution in [2.45, 2.75) is 6.42 Å². The van der Waals surface area contributed by atoms with E-state index in [-0.39, 0.29) is 24.8 Å². The smallest absolute Gasteiger partial charge is 0.243 e. The van der Waals surface area contributed by atoms with Crippen LogP contribution >= 0.6 is 11.3 Å². The molecule has 0 radical (unpaired) electrons. The SMILES string of the molecule is O=C(Cc1cccs1)NCC(=O)Nc1ccc(Oc2ccccc2)cc1. The lowest BCUT2D eigenvalue weighted by Gasteiger charge is -2.09. The van der Waals surface area contributed by atoms with Crippen LogP contribution in [-0.4, -0.2) is 18.4 Å². The van der Waals surface area contributed by atoms with E-state index in [1.807, 2.05) is 47.8 Å². The lowest BCUT2D eigenvalue weighted by Crippen LogP contribution is -2.33. The summed E-state index contributed by atoms with van der Waals surface area (Å²) in [4.78, 5) is 24.7. The zero-order valence-corrected chi connectivity index (χ0v) is 14.8. The zero-order valence-electron chi connectivity index (χ0n) is 14.0. The van der Waals surface area contributed by atoms with E-state index < -0.39 is 0 Å². The van der Waals surface area contributed by atoms with Crippen LogP contribution in [0.1, 0.15) is 4.88 Å². The third-order valence-electron chi connectivity index (χ3n) is 3.48. The molecule has 26 heavy (non-hydrogen) atoms. The molecule has 0 spiro atoms. The van der Waals surface area contributed by atoms with Gasteiger partial charge in [-0.3, -0.25) is 9.59 Å². The first kappa shape index (κ1) is 17.7. The zero-order chi connectivity index (χ0) is 18.2. The molecule has 0 saturated heterocycles. The fourth-order valence-corrected chi connectivity index (χ4v) is 2.95. The van der Waals surface area contributed by atoms with Crippen LogP contribution in [0, 0.1) is 0 Å². The lowest BCUT2D eigenvalue weighted by atomic mass is 10.3. The van der Waals surface area contributed by atoms with Crippen LogP contribution in [0.5, 0.6) is 11.5 Å². The number of ether oxygens (including phenoxy) is 1. The van der Waals surface area contributed by atoms with Gasteiger partial charge in [0, 0.05) is 10.6 Å². The minimum atomic E-state index is -0.277. The number of nitrogens with one attached hydrogen (secondary N) is 2. The number of hydrogen-bond donors (Lipinski definition) is 2.